The van der Waals surface area contributed by atoms with Crippen LogP contribution >= 0.6 is 11.8 Å². The predicted octanol–water partition coefficient (Wildman–Crippen LogP) is 0.747. The van der Waals surface area contributed by atoms with Crippen molar-refractivity contribution in [3.8, 4) is 0 Å². The van der Waals surface area contributed by atoms with E-state index in [1.807, 2.05) is 9.80 Å². The van der Waals surface area contributed by atoms with Crippen LogP contribution in [0.4, 0.5) is 0 Å². The van der Waals surface area contributed by atoms with Crippen LogP contribution < -0.4 is 0 Å². The van der Waals surface area contributed by atoms with Crippen molar-refractivity contribution in [3.05, 3.63) is 0 Å². The SMILES string of the molecule is CC(C)(C)SCC(=O)N1CCN(CC(=O)O)CC1. The normalized spacial score (nSPS) is 17.8. The van der Waals surface area contributed by atoms with E-state index in [-0.39, 0.29) is 17.2 Å². The Morgan fingerprint density at radius 1 is 1.17 bits per heavy atom. The van der Waals surface area contributed by atoms with Gasteiger partial charge in [-0.05, 0) is 0 Å². The first-order valence-corrected chi connectivity index (χ1v) is 7.12. The van der Waals surface area contributed by atoms with Gasteiger partial charge in [-0.25, -0.2) is 0 Å². The molecule has 0 atom stereocenters. The van der Waals surface area contributed by atoms with Crippen LogP contribution in [0.15, 0.2) is 0 Å². The highest BCUT2D eigenvalue weighted by atomic mass is 32.2. The number of piperazine rings is 1. The van der Waals surface area contributed by atoms with E-state index >= 15 is 0 Å². The van der Waals surface area contributed by atoms with E-state index in [1.54, 1.807) is 11.8 Å². The van der Waals surface area contributed by atoms with Gasteiger partial charge in [0.25, 0.3) is 0 Å². The standard InChI is InChI=1S/C12H22N2O3S/c1-12(2,3)18-9-10(15)14-6-4-13(5-7-14)8-11(16)17/h4-9H2,1-3H3,(H,16,17). The maximum Gasteiger partial charge on any atom is 0.317 e. The average Bonchev–Trinajstić information content (AvgIpc) is 2.25. The summed E-state index contributed by atoms with van der Waals surface area (Å²) in [7, 11) is 0. The number of carbonyl (C=O) groups excluding carboxylic acids is 1. The summed E-state index contributed by atoms with van der Waals surface area (Å²) in [5.41, 5.74) is 0. The third-order valence-corrected chi connectivity index (χ3v) is 3.97. The lowest BCUT2D eigenvalue weighted by Gasteiger charge is -2.34. The second-order valence-corrected chi connectivity index (χ2v) is 7.25. The Hall–Kier alpha value is -0.750. The average molecular weight is 274 g/mol. The first-order chi connectivity index (χ1) is 8.28. The minimum absolute atomic E-state index is 0.0682. The molecular formula is C12H22N2O3S. The molecule has 0 unspecified atom stereocenters. The lowest BCUT2D eigenvalue weighted by Crippen LogP contribution is -2.50. The third-order valence-electron chi connectivity index (χ3n) is 2.71. The van der Waals surface area contributed by atoms with Crippen LogP contribution in [0.5, 0.6) is 0 Å². The Morgan fingerprint density at radius 2 is 1.72 bits per heavy atom. The first kappa shape index (κ1) is 15.3. The lowest BCUT2D eigenvalue weighted by molar-refractivity contribution is -0.139. The molecule has 1 aliphatic rings. The van der Waals surface area contributed by atoms with Crippen LogP contribution in [0.25, 0.3) is 0 Å². The topological polar surface area (TPSA) is 60.9 Å². The Morgan fingerprint density at radius 3 is 2.17 bits per heavy atom. The highest BCUT2D eigenvalue weighted by Gasteiger charge is 2.23. The molecule has 104 valence electrons. The molecule has 5 nitrogen and oxygen atoms in total. The van der Waals surface area contributed by atoms with Gasteiger partial charge in [-0.1, -0.05) is 20.8 Å². The molecule has 0 aromatic rings. The van der Waals surface area contributed by atoms with Gasteiger partial charge >= 0.3 is 5.97 Å². The van der Waals surface area contributed by atoms with Crippen LogP contribution in [0.3, 0.4) is 0 Å². The van der Waals surface area contributed by atoms with Gasteiger partial charge in [0.05, 0.1) is 12.3 Å². The van der Waals surface area contributed by atoms with E-state index in [4.69, 9.17) is 5.11 Å². The third kappa shape index (κ3) is 5.73. The molecule has 0 saturated carbocycles. The first-order valence-electron chi connectivity index (χ1n) is 6.14. The monoisotopic (exact) mass is 274 g/mol. The number of carboxylic acid groups (broad SMARTS) is 1. The fourth-order valence-electron chi connectivity index (χ4n) is 1.72. The molecule has 0 aliphatic carbocycles. The summed E-state index contributed by atoms with van der Waals surface area (Å²) in [6.07, 6.45) is 0. The van der Waals surface area contributed by atoms with Gasteiger partial charge in [-0.2, -0.15) is 0 Å². The van der Waals surface area contributed by atoms with E-state index < -0.39 is 5.97 Å². The Bertz CT molecular complexity index is 307. The molecule has 1 N–H and O–H groups in total. The lowest BCUT2D eigenvalue weighted by atomic mass is 10.3. The molecule has 1 heterocycles. The fraction of sp³-hybridized carbons (Fsp3) is 0.833. The van der Waals surface area contributed by atoms with E-state index in [1.165, 1.54) is 0 Å². The zero-order chi connectivity index (χ0) is 13.8. The van der Waals surface area contributed by atoms with Crippen molar-refractivity contribution < 1.29 is 14.7 Å². The van der Waals surface area contributed by atoms with Crippen LogP contribution in [-0.4, -0.2) is 70.0 Å². The van der Waals surface area contributed by atoms with E-state index in [0.717, 1.165) is 0 Å². The van der Waals surface area contributed by atoms with Crippen molar-refractivity contribution >= 4 is 23.6 Å². The second kappa shape index (κ2) is 6.43. The smallest absolute Gasteiger partial charge is 0.317 e. The van der Waals surface area contributed by atoms with Gasteiger partial charge in [-0.3, -0.25) is 14.5 Å². The van der Waals surface area contributed by atoms with E-state index in [2.05, 4.69) is 20.8 Å². The molecule has 0 aromatic carbocycles. The molecule has 1 amide bonds. The molecule has 6 heteroatoms. The minimum atomic E-state index is -0.807. The van der Waals surface area contributed by atoms with Gasteiger partial charge < -0.3 is 10.0 Å². The van der Waals surface area contributed by atoms with E-state index in [9.17, 15) is 9.59 Å². The summed E-state index contributed by atoms with van der Waals surface area (Å²) in [6, 6.07) is 0. The van der Waals surface area contributed by atoms with Crippen LogP contribution in [0.2, 0.25) is 0 Å². The van der Waals surface area contributed by atoms with Gasteiger partial charge in [-0.15, -0.1) is 11.8 Å². The molecule has 0 radical (unpaired) electrons. The Kier molecular flexibility index (Phi) is 5.47. The van der Waals surface area contributed by atoms with Crippen molar-refractivity contribution in [2.24, 2.45) is 0 Å². The molecule has 18 heavy (non-hydrogen) atoms. The Labute approximate surface area is 113 Å². The highest BCUT2D eigenvalue weighted by molar-refractivity contribution is 8.01. The molecule has 0 bridgehead atoms. The number of hydrogen-bond acceptors (Lipinski definition) is 4. The summed E-state index contributed by atoms with van der Waals surface area (Å²) >= 11 is 1.65. The maximum atomic E-state index is 11.9. The largest absolute Gasteiger partial charge is 0.480 e. The molecule has 1 rings (SSSR count). The summed E-state index contributed by atoms with van der Waals surface area (Å²) in [6.45, 7) is 8.92. The van der Waals surface area contributed by atoms with Crippen molar-refractivity contribution in [3.63, 3.8) is 0 Å². The summed E-state index contributed by atoms with van der Waals surface area (Å²) in [5, 5.41) is 8.69. The van der Waals surface area contributed by atoms with Crippen molar-refractivity contribution in [1.29, 1.82) is 0 Å². The number of carbonyl (C=O) groups is 2. The van der Waals surface area contributed by atoms with Crippen molar-refractivity contribution in [2.75, 3.05) is 38.5 Å². The van der Waals surface area contributed by atoms with Crippen molar-refractivity contribution in [1.82, 2.24) is 9.80 Å². The quantitative estimate of drug-likeness (QED) is 0.819. The maximum absolute atomic E-state index is 11.9. The molecule has 1 saturated heterocycles. The van der Waals surface area contributed by atoms with Crippen LogP contribution in [-0.2, 0) is 9.59 Å². The summed E-state index contributed by atoms with van der Waals surface area (Å²) in [5.74, 6) is -0.148. The summed E-state index contributed by atoms with van der Waals surface area (Å²) < 4.78 is 0.0980. The van der Waals surface area contributed by atoms with Crippen LogP contribution in [0.1, 0.15) is 20.8 Å². The highest BCUT2D eigenvalue weighted by Crippen LogP contribution is 2.23. The van der Waals surface area contributed by atoms with Crippen molar-refractivity contribution in [2.45, 2.75) is 25.5 Å². The Balaban J connectivity index is 2.29. The number of rotatable bonds is 4. The minimum Gasteiger partial charge on any atom is -0.480 e. The van der Waals surface area contributed by atoms with Gasteiger partial charge in [0.1, 0.15) is 0 Å². The number of amides is 1. The molecular weight excluding hydrogens is 252 g/mol. The predicted molar refractivity (Wildman–Crippen MR) is 72.9 cm³/mol. The number of thioether (sulfide) groups is 1. The zero-order valence-electron chi connectivity index (χ0n) is 11.3. The fourth-order valence-corrected chi connectivity index (χ4v) is 2.46. The van der Waals surface area contributed by atoms with Gasteiger partial charge in [0, 0.05) is 30.9 Å². The number of nitrogens with zero attached hydrogens (tertiary/aromatic N) is 2. The molecule has 0 aromatic heterocycles. The number of carboxylic acids is 1. The number of aliphatic carboxylic acids is 1. The molecule has 1 aliphatic heterocycles. The molecule has 0 spiro atoms. The van der Waals surface area contributed by atoms with Crippen LogP contribution in [0, 0.1) is 0 Å². The van der Waals surface area contributed by atoms with Gasteiger partial charge in [0.15, 0.2) is 0 Å². The van der Waals surface area contributed by atoms with Gasteiger partial charge in [0.2, 0.25) is 5.91 Å². The number of hydrogen-bond donors (Lipinski definition) is 1. The zero-order valence-corrected chi connectivity index (χ0v) is 12.1. The molecule has 1 fully saturated rings. The summed E-state index contributed by atoms with van der Waals surface area (Å²) in [4.78, 5) is 26.2. The van der Waals surface area contributed by atoms with E-state index in [0.29, 0.717) is 31.9 Å². The second-order valence-electron chi connectivity index (χ2n) is 5.45.